The number of nitrogens with zero attached hydrogens (tertiary/aromatic N) is 4. The lowest BCUT2D eigenvalue weighted by Gasteiger charge is -2.15. The lowest BCUT2D eigenvalue weighted by atomic mass is 10.0. The zero-order valence-corrected chi connectivity index (χ0v) is 15.2. The summed E-state index contributed by atoms with van der Waals surface area (Å²) in [5.41, 5.74) is 2.94. The standard InChI is InChI=1S/C17H19N5O2S/c1-9-6-14-19-13(7-15(23)22(14)20-9)12-4-5-21(8-12)17(24)16-10(2)18-11(3)25-16/h6-7,12,20H,4-5,8H2,1-3H3/t12-/m0/s1. The van der Waals surface area contributed by atoms with Gasteiger partial charge in [-0.05, 0) is 27.2 Å². The molecule has 1 aliphatic heterocycles. The average Bonchev–Trinajstić information content (AvgIpc) is 3.24. The molecule has 1 atom stereocenters. The van der Waals surface area contributed by atoms with E-state index in [9.17, 15) is 9.59 Å². The molecule has 0 radical (unpaired) electrons. The highest BCUT2D eigenvalue weighted by Gasteiger charge is 2.31. The Morgan fingerprint density at radius 1 is 1.28 bits per heavy atom. The van der Waals surface area contributed by atoms with Crippen LogP contribution in [-0.4, -0.2) is 43.5 Å². The van der Waals surface area contributed by atoms with Gasteiger partial charge >= 0.3 is 0 Å². The molecule has 0 unspecified atom stereocenters. The number of carbonyl (C=O) groups excluding carboxylic acids is 1. The fourth-order valence-corrected chi connectivity index (χ4v) is 4.29. The monoisotopic (exact) mass is 357 g/mol. The molecular formula is C17H19N5O2S. The second-order valence-electron chi connectivity index (χ2n) is 6.54. The van der Waals surface area contributed by atoms with Crippen molar-refractivity contribution in [2.24, 2.45) is 0 Å². The number of amides is 1. The van der Waals surface area contributed by atoms with Crippen molar-refractivity contribution in [3.8, 4) is 0 Å². The highest BCUT2D eigenvalue weighted by Crippen LogP contribution is 2.28. The number of aryl methyl sites for hydroxylation is 3. The van der Waals surface area contributed by atoms with Gasteiger partial charge < -0.3 is 4.90 Å². The van der Waals surface area contributed by atoms with E-state index in [-0.39, 0.29) is 17.4 Å². The highest BCUT2D eigenvalue weighted by atomic mass is 32.1. The first kappa shape index (κ1) is 16.0. The molecule has 4 rings (SSSR count). The fourth-order valence-electron chi connectivity index (χ4n) is 3.40. The third kappa shape index (κ3) is 2.76. The van der Waals surface area contributed by atoms with Gasteiger partial charge in [0.1, 0.15) is 4.88 Å². The predicted octanol–water partition coefficient (Wildman–Crippen LogP) is 2.03. The molecule has 3 aromatic heterocycles. The Bertz CT molecular complexity index is 1030. The number of thiazole rings is 1. The zero-order valence-electron chi connectivity index (χ0n) is 14.4. The molecule has 3 aromatic rings. The molecule has 0 spiro atoms. The number of aromatic amines is 1. The van der Waals surface area contributed by atoms with Gasteiger partial charge in [0, 0.05) is 36.8 Å². The molecule has 1 saturated heterocycles. The number of hydrogen-bond donors (Lipinski definition) is 1. The summed E-state index contributed by atoms with van der Waals surface area (Å²) >= 11 is 1.44. The molecule has 4 heterocycles. The van der Waals surface area contributed by atoms with Crippen LogP contribution in [-0.2, 0) is 0 Å². The van der Waals surface area contributed by atoms with Crippen LogP contribution in [0.15, 0.2) is 16.9 Å². The molecule has 1 fully saturated rings. The second-order valence-corrected chi connectivity index (χ2v) is 7.74. The molecule has 1 aliphatic rings. The van der Waals surface area contributed by atoms with Crippen molar-refractivity contribution in [1.82, 2.24) is 24.5 Å². The molecule has 1 N–H and O–H groups in total. The van der Waals surface area contributed by atoms with Gasteiger partial charge in [-0.15, -0.1) is 11.3 Å². The summed E-state index contributed by atoms with van der Waals surface area (Å²) in [7, 11) is 0. The minimum absolute atomic E-state index is 0.0286. The van der Waals surface area contributed by atoms with Gasteiger partial charge in [-0.2, -0.15) is 0 Å². The molecular weight excluding hydrogens is 338 g/mol. The average molecular weight is 357 g/mol. The molecule has 8 heteroatoms. The number of rotatable bonds is 2. The Hall–Kier alpha value is -2.48. The van der Waals surface area contributed by atoms with Crippen molar-refractivity contribution in [1.29, 1.82) is 0 Å². The van der Waals surface area contributed by atoms with Gasteiger partial charge in [-0.25, -0.2) is 14.5 Å². The van der Waals surface area contributed by atoms with E-state index in [1.807, 2.05) is 31.7 Å². The summed E-state index contributed by atoms with van der Waals surface area (Å²) in [6, 6.07) is 3.43. The van der Waals surface area contributed by atoms with Crippen molar-refractivity contribution < 1.29 is 4.79 Å². The van der Waals surface area contributed by atoms with Crippen LogP contribution in [0.2, 0.25) is 0 Å². The molecule has 0 saturated carbocycles. The van der Waals surface area contributed by atoms with E-state index in [1.165, 1.54) is 15.9 Å². The molecule has 0 aromatic carbocycles. The SMILES string of the molecule is Cc1cc2nc([C@H]3CCN(C(=O)c4sc(C)nc4C)C3)cc(=O)n2[nH]1. The Kier molecular flexibility index (Phi) is 3.72. The Balaban J connectivity index is 1.59. The molecule has 130 valence electrons. The number of carbonyl (C=O) groups is 1. The summed E-state index contributed by atoms with van der Waals surface area (Å²) in [4.78, 5) is 36.5. The number of hydrogen-bond acceptors (Lipinski definition) is 5. The third-order valence-electron chi connectivity index (χ3n) is 4.59. The first-order valence-electron chi connectivity index (χ1n) is 8.25. The highest BCUT2D eigenvalue weighted by molar-refractivity contribution is 7.13. The van der Waals surface area contributed by atoms with Crippen LogP contribution in [0.4, 0.5) is 0 Å². The Morgan fingerprint density at radius 2 is 2.08 bits per heavy atom. The Morgan fingerprint density at radius 3 is 2.80 bits per heavy atom. The van der Waals surface area contributed by atoms with Crippen LogP contribution in [0.3, 0.4) is 0 Å². The molecule has 1 amide bonds. The van der Waals surface area contributed by atoms with Crippen LogP contribution in [0.5, 0.6) is 0 Å². The number of fused-ring (bicyclic) bond motifs is 1. The maximum absolute atomic E-state index is 12.7. The van der Waals surface area contributed by atoms with E-state index in [1.54, 1.807) is 6.07 Å². The fraction of sp³-hybridized carbons (Fsp3) is 0.412. The van der Waals surface area contributed by atoms with Crippen molar-refractivity contribution in [2.75, 3.05) is 13.1 Å². The number of likely N-dealkylation sites (tertiary alicyclic amines) is 1. The molecule has 25 heavy (non-hydrogen) atoms. The zero-order chi connectivity index (χ0) is 17.7. The lowest BCUT2D eigenvalue weighted by molar-refractivity contribution is 0.0794. The number of aromatic nitrogens is 4. The van der Waals surface area contributed by atoms with Gasteiger partial charge in [0.05, 0.1) is 16.4 Å². The topological polar surface area (TPSA) is 83.4 Å². The maximum Gasteiger partial charge on any atom is 0.272 e. The van der Waals surface area contributed by atoms with Crippen LogP contribution in [0.1, 0.15) is 44.1 Å². The smallest absolute Gasteiger partial charge is 0.272 e. The van der Waals surface area contributed by atoms with E-state index >= 15 is 0 Å². The van der Waals surface area contributed by atoms with Gasteiger partial charge in [0.15, 0.2) is 5.65 Å². The first-order valence-corrected chi connectivity index (χ1v) is 9.06. The van der Waals surface area contributed by atoms with Crippen molar-refractivity contribution >= 4 is 22.9 Å². The van der Waals surface area contributed by atoms with Gasteiger partial charge in [0.25, 0.3) is 11.5 Å². The van der Waals surface area contributed by atoms with E-state index in [4.69, 9.17) is 0 Å². The van der Waals surface area contributed by atoms with Gasteiger partial charge in [0.2, 0.25) is 0 Å². The second kappa shape index (κ2) is 5.80. The minimum Gasteiger partial charge on any atom is -0.337 e. The summed E-state index contributed by atoms with van der Waals surface area (Å²) in [5.74, 6) is 0.118. The molecule has 7 nitrogen and oxygen atoms in total. The van der Waals surface area contributed by atoms with Crippen LogP contribution in [0, 0.1) is 20.8 Å². The van der Waals surface area contributed by atoms with Crippen molar-refractivity contribution in [3.63, 3.8) is 0 Å². The van der Waals surface area contributed by atoms with Crippen LogP contribution in [0.25, 0.3) is 5.65 Å². The van der Waals surface area contributed by atoms with E-state index in [0.29, 0.717) is 23.6 Å². The normalized spacial score (nSPS) is 17.6. The summed E-state index contributed by atoms with van der Waals surface area (Å²) < 4.78 is 1.44. The largest absolute Gasteiger partial charge is 0.337 e. The molecule has 0 aliphatic carbocycles. The third-order valence-corrected chi connectivity index (χ3v) is 5.65. The lowest BCUT2D eigenvalue weighted by Crippen LogP contribution is -2.28. The summed E-state index contributed by atoms with van der Waals surface area (Å²) in [6.45, 7) is 6.93. The summed E-state index contributed by atoms with van der Waals surface area (Å²) in [5, 5.41) is 3.88. The van der Waals surface area contributed by atoms with Crippen molar-refractivity contribution in [2.45, 2.75) is 33.1 Å². The summed E-state index contributed by atoms with van der Waals surface area (Å²) in [6.07, 6.45) is 0.814. The maximum atomic E-state index is 12.7. The van der Waals surface area contributed by atoms with Crippen LogP contribution < -0.4 is 5.56 Å². The van der Waals surface area contributed by atoms with E-state index < -0.39 is 0 Å². The minimum atomic E-state index is -0.119. The van der Waals surface area contributed by atoms with Gasteiger partial charge in [-0.1, -0.05) is 0 Å². The van der Waals surface area contributed by atoms with Gasteiger partial charge in [-0.3, -0.25) is 14.7 Å². The van der Waals surface area contributed by atoms with Crippen molar-refractivity contribution in [3.05, 3.63) is 49.5 Å². The molecule has 0 bridgehead atoms. The van der Waals surface area contributed by atoms with Crippen LogP contribution >= 0.6 is 11.3 Å². The van der Waals surface area contributed by atoms with E-state index in [2.05, 4.69) is 15.1 Å². The number of H-pyrrole nitrogens is 1. The quantitative estimate of drug-likeness (QED) is 0.761. The first-order chi connectivity index (χ1) is 11.9. The predicted molar refractivity (Wildman–Crippen MR) is 95.4 cm³/mol. The number of nitrogens with one attached hydrogen (secondary N) is 1. The Labute approximate surface area is 148 Å². The van der Waals surface area contributed by atoms with E-state index in [0.717, 1.165) is 28.5 Å².